The normalized spacial score (nSPS) is 10.5. The molecule has 0 fully saturated rings. The molecule has 1 rings (SSSR count). The van der Waals surface area contributed by atoms with Gasteiger partial charge in [-0.3, -0.25) is 0 Å². The Hall–Kier alpha value is -0.610. The van der Waals surface area contributed by atoms with Crippen LogP contribution in [0.25, 0.3) is 0 Å². The van der Waals surface area contributed by atoms with E-state index in [-0.39, 0.29) is 0 Å². The summed E-state index contributed by atoms with van der Waals surface area (Å²) >= 11 is 1.71. The number of nitrogens with zero attached hydrogens (tertiary/aromatic N) is 2. The molecule has 0 aliphatic carbocycles. The summed E-state index contributed by atoms with van der Waals surface area (Å²) in [6.07, 6.45) is 3.54. The minimum Gasteiger partial charge on any atom is -0.351 e. The molecule has 0 unspecified atom stereocenters. The smallest absolute Gasteiger partial charge is 0.185 e. The molecule has 1 aromatic heterocycles. The molecule has 0 atom stereocenters. The van der Waals surface area contributed by atoms with Crippen LogP contribution in [0.4, 0.5) is 5.13 Å². The molecule has 0 aliphatic rings. The molecule has 14 heavy (non-hydrogen) atoms. The fraction of sp³-hybridized carbons (Fsp3) is 0.700. The van der Waals surface area contributed by atoms with Crippen molar-refractivity contribution in [3.8, 4) is 0 Å². The fourth-order valence-corrected chi connectivity index (χ4v) is 2.08. The van der Waals surface area contributed by atoms with E-state index in [1.807, 2.05) is 6.92 Å². The Morgan fingerprint density at radius 3 is 2.79 bits per heavy atom. The predicted octanol–water partition coefficient (Wildman–Crippen LogP) is 2.02. The van der Waals surface area contributed by atoms with Crippen molar-refractivity contribution in [2.45, 2.75) is 26.2 Å². The van der Waals surface area contributed by atoms with Crippen molar-refractivity contribution in [3.05, 3.63) is 11.1 Å². The molecule has 1 aromatic rings. The lowest BCUT2D eigenvalue weighted by molar-refractivity contribution is 0.678. The second-order valence-electron chi connectivity index (χ2n) is 3.54. The van der Waals surface area contributed by atoms with E-state index in [1.165, 1.54) is 12.8 Å². The van der Waals surface area contributed by atoms with Gasteiger partial charge < -0.3 is 10.6 Å². The van der Waals surface area contributed by atoms with E-state index in [1.54, 1.807) is 11.3 Å². The molecule has 0 bridgehead atoms. The van der Waals surface area contributed by atoms with E-state index < -0.39 is 0 Å². The van der Waals surface area contributed by atoms with Crippen LogP contribution in [-0.4, -0.2) is 25.1 Å². The summed E-state index contributed by atoms with van der Waals surface area (Å²) in [6.45, 7) is 3.91. The number of nitrogens with two attached hydrogens (primary N) is 1. The van der Waals surface area contributed by atoms with Crippen LogP contribution in [0.15, 0.2) is 5.38 Å². The maximum absolute atomic E-state index is 5.44. The van der Waals surface area contributed by atoms with E-state index >= 15 is 0 Å². The number of aryl methyl sites for hydroxylation is 1. The van der Waals surface area contributed by atoms with Crippen LogP contribution >= 0.6 is 11.3 Å². The minimum absolute atomic E-state index is 0.806. The Kier molecular flexibility index (Phi) is 4.90. The van der Waals surface area contributed by atoms with Crippen molar-refractivity contribution in [3.63, 3.8) is 0 Å². The number of hydrogen-bond acceptors (Lipinski definition) is 4. The number of thiazole rings is 1. The average Bonchev–Trinajstić information content (AvgIpc) is 2.59. The van der Waals surface area contributed by atoms with E-state index in [4.69, 9.17) is 5.73 Å². The van der Waals surface area contributed by atoms with Crippen molar-refractivity contribution < 1.29 is 0 Å². The lowest BCUT2D eigenvalue weighted by Gasteiger charge is -2.14. The Morgan fingerprint density at radius 1 is 1.43 bits per heavy atom. The minimum atomic E-state index is 0.806. The fourth-order valence-electron chi connectivity index (χ4n) is 1.28. The van der Waals surface area contributed by atoms with E-state index in [2.05, 4.69) is 22.3 Å². The summed E-state index contributed by atoms with van der Waals surface area (Å²) in [7, 11) is 2.10. The highest BCUT2D eigenvalue weighted by atomic mass is 32.1. The lowest BCUT2D eigenvalue weighted by atomic mass is 10.2. The Labute approximate surface area is 89.9 Å². The zero-order valence-electron chi connectivity index (χ0n) is 8.99. The lowest BCUT2D eigenvalue weighted by Crippen LogP contribution is -2.18. The van der Waals surface area contributed by atoms with Gasteiger partial charge in [0.05, 0.1) is 5.69 Å². The Balaban J connectivity index is 2.25. The summed E-state index contributed by atoms with van der Waals surface area (Å²) in [4.78, 5) is 6.65. The summed E-state index contributed by atoms with van der Waals surface area (Å²) < 4.78 is 0. The van der Waals surface area contributed by atoms with E-state index in [0.29, 0.717) is 0 Å². The zero-order valence-corrected chi connectivity index (χ0v) is 9.81. The van der Waals surface area contributed by atoms with Gasteiger partial charge in [0.25, 0.3) is 0 Å². The molecule has 1 heterocycles. The molecule has 0 amide bonds. The largest absolute Gasteiger partial charge is 0.351 e. The van der Waals surface area contributed by atoms with Crippen molar-refractivity contribution in [2.24, 2.45) is 5.73 Å². The second kappa shape index (κ2) is 5.98. The summed E-state index contributed by atoms with van der Waals surface area (Å²) in [6, 6.07) is 0. The van der Waals surface area contributed by atoms with Crippen LogP contribution in [0.3, 0.4) is 0 Å². The van der Waals surface area contributed by atoms with Crippen molar-refractivity contribution in [2.75, 3.05) is 25.0 Å². The predicted molar refractivity (Wildman–Crippen MR) is 63.0 cm³/mol. The summed E-state index contributed by atoms with van der Waals surface area (Å²) in [5.41, 5.74) is 6.55. The van der Waals surface area contributed by atoms with Crippen LogP contribution in [0, 0.1) is 6.92 Å². The third-order valence-electron chi connectivity index (χ3n) is 2.13. The zero-order chi connectivity index (χ0) is 10.4. The van der Waals surface area contributed by atoms with Gasteiger partial charge in [-0.25, -0.2) is 4.98 Å². The van der Waals surface area contributed by atoms with Gasteiger partial charge in [0.2, 0.25) is 0 Å². The molecule has 2 N–H and O–H groups in total. The maximum atomic E-state index is 5.44. The summed E-state index contributed by atoms with van der Waals surface area (Å²) in [5.74, 6) is 0. The standard InChI is InChI=1S/C10H19N3S/c1-9-8-14-10(12-9)13(2)7-5-3-4-6-11/h8H,3-7,11H2,1-2H3. The number of rotatable bonds is 6. The second-order valence-corrected chi connectivity index (χ2v) is 4.38. The van der Waals surface area contributed by atoms with Gasteiger partial charge in [0.1, 0.15) is 0 Å². The number of hydrogen-bond donors (Lipinski definition) is 1. The molecule has 0 aliphatic heterocycles. The van der Waals surface area contributed by atoms with E-state index in [0.717, 1.165) is 30.3 Å². The molecule has 0 saturated heterocycles. The third-order valence-corrected chi connectivity index (χ3v) is 3.20. The first kappa shape index (κ1) is 11.5. The van der Waals surface area contributed by atoms with Gasteiger partial charge in [-0.15, -0.1) is 11.3 Å². The summed E-state index contributed by atoms with van der Waals surface area (Å²) in [5, 5.41) is 3.21. The molecular formula is C10H19N3S. The molecule has 0 saturated carbocycles. The number of unbranched alkanes of at least 4 members (excludes halogenated alkanes) is 2. The van der Waals surface area contributed by atoms with E-state index in [9.17, 15) is 0 Å². The van der Waals surface area contributed by atoms with Crippen molar-refractivity contribution in [1.82, 2.24) is 4.98 Å². The molecule has 0 aromatic carbocycles. The third kappa shape index (κ3) is 3.64. The van der Waals surface area contributed by atoms with Crippen LogP contribution in [0.1, 0.15) is 25.0 Å². The number of aromatic nitrogens is 1. The average molecular weight is 213 g/mol. The molecular weight excluding hydrogens is 194 g/mol. The van der Waals surface area contributed by atoms with Gasteiger partial charge in [0, 0.05) is 19.0 Å². The monoisotopic (exact) mass is 213 g/mol. The first-order valence-corrected chi connectivity index (χ1v) is 5.95. The Bertz CT molecular complexity index is 260. The first-order valence-electron chi connectivity index (χ1n) is 5.07. The van der Waals surface area contributed by atoms with Gasteiger partial charge in [0.15, 0.2) is 5.13 Å². The van der Waals surface area contributed by atoms with Crippen LogP contribution in [-0.2, 0) is 0 Å². The molecule has 4 heteroatoms. The molecule has 0 spiro atoms. The number of anilines is 1. The van der Waals surface area contributed by atoms with Crippen molar-refractivity contribution in [1.29, 1.82) is 0 Å². The highest BCUT2D eigenvalue weighted by Gasteiger charge is 2.03. The van der Waals surface area contributed by atoms with Crippen LogP contribution in [0.5, 0.6) is 0 Å². The highest BCUT2D eigenvalue weighted by molar-refractivity contribution is 7.13. The molecule has 3 nitrogen and oxygen atoms in total. The van der Waals surface area contributed by atoms with Gasteiger partial charge in [-0.2, -0.15) is 0 Å². The highest BCUT2D eigenvalue weighted by Crippen LogP contribution is 2.18. The maximum Gasteiger partial charge on any atom is 0.185 e. The van der Waals surface area contributed by atoms with Gasteiger partial charge in [-0.1, -0.05) is 6.42 Å². The first-order chi connectivity index (χ1) is 6.74. The van der Waals surface area contributed by atoms with Crippen LogP contribution in [0.2, 0.25) is 0 Å². The van der Waals surface area contributed by atoms with Crippen molar-refractivity contribution >= 4 is 16.5 Å². The van der Waals surface area contributed by atoms with Crippen LogP contribution < -0.4 is 10.6 Å². The SMILES string of the molecule is Cc1csc(N(C)CCCCCN)n1. The quantitative estimate of drug-likeness (QED) is 0.735. The van der Waals surface area contributed by atoms with Gasteiger partial charge >= 0.3 is 0 Å². The van der Waals surface area contributed by atoms with Gasteiger partial charge in [-0.05, 0) is 26.3 Å². The molecule has 80 valence electrons. The Morgan fingerprint density at radius 2 is 2.21 bits per heavy atom. The molecule has 0 radical (unpaired) electrons. The topological polar surface area (TPSA) is 42.1 Å².